The van der Waals surface area contributed by atoms with E-state index in [1.54, 1.807) is 7.05 Å². The van der Waals surface area contributed by atoms with Gasteiger partial charge >= 0.3 is 15.5 Å². The Kier molecular flexibility index (Phi) is 8.23. The van der Waals surface area contributed by atoms with Gasteiger partial charge in [-0.25, -0.2) is 8.42 Å². The molecule has 24 heavy (non-hydrogen) atoms. The first kappa shape index (κ1) is 21.0. The average molecular weight is 374 g/mol. The van der Waals surface area contributed by atoms with Crippen LogP contribution in [0.25, 0.3) is 0 Å². The number of sulfonamides is 1. The van der Waals surface area contributed by atoms with Crippen molar-refractivity contribution in [2.45, 2.75) is 37.7 Å². The molecule has 1 saturated heterocycles. The fourth-order valence-electron chi connectivity index (χ4n) is 2.30. The monoisotopic (exact) mass is 374 g/mol. The summed E-state index contributed by atoms with van der Waals surface area (Å²) in [5.74, 6) is 0.545. The molecule has 0 saturated carbocycles. The minimum atomic E-state index is -5.24. The topological polar surface area (TPSA) is 83.0 Å². The first-order valence-electron chi connectivity index (χ1n) is 7.83. The summed E-state index contributed by atoms with van der Waals surface area (Å²) >= 11 is 0. The second kappa shape index (κ2) is 9.42. The molecule has 0 spiro atoms. The molecule has 0 bridgehead atoms. The van der Waals surface area contributed by atoms with E-state index in [2.05, 4.69) is 15.6 Å². The number of hydrogen-bond donors (Lipinski definition) is 2. The average Bonchev–Trinajstić information content (AvgIpc) is 2.53. The van der Waals surface area contributed by atoms with Gasteiger partial charge in [-0.15, -0.1) is 0 Å². The van der Waals surface area contributed by atoms with Gasteiger partial charge in [-0.3, -0.25) is 4.99 Å². The van der Waals surface area contributed by atoms with Crippen molar-refractivity contribution in [3.63, 3.8) is 0 Å². The summed E-state index contributed by atoms with van der Waals surface area (Å²) < 4.78 is 66.0. The largest absolute Gasteiger partial charge is 0.511 e. The SMILES string of the molecule is CCOCCCNC(=NC)NC1CCN(S(=O)(=O)C(F)(F)F)CC1. The van der Waals surface area contributed by atoms with Gasteiger partial charge in [-0.1, -0.05) is 0 Å². The molecule has 0 aromatic heterocycles. The number of ether oxygens (including phenoxy) is 1. The van der Waals surface area contributed by atoms with Crippen molar-refractivity contribution in [2.75, 3.05) is 39.9 Å². The van der Waals surface area contributed by atoms with Crippen LogP contribution in [-0.2, 0) is 14.8 Å². The second-order valence-corrected chi connectivity index (χ2v) is 7.25. The highest BCUT2D eigenvalue weighted by atomic mass is 32.2. The number of aliphatic imine (C=N–C) groups is 1. The summed E-state index contributed by atoms with van der Waals surface area (Å²) in [4.78, 5) is 4.05. The number of nitrogens with one attached hydrogen (secondary N) is 2. The third-order valence-corrected chi connectivity index (χ3v) is 5.24. The highest BCUT2D eigenvalue weighted by Gasteiger charge is 2.50. The predicted molar refractivity (Wildman–Crippen MR) is 85.2 cm³/mol. The molecule has 0 atom stereocenters. The van der Waals surface area contributed by atoms with Gasteiger partial charge < -0.3 is 15.4 Å². The first-order chi connectivity index (χ1) is 11.2. The molecule has 1 aliphatic heterocycles. The molecule has 1 heterocycles. The lowest BCUT2D eigenvalue weighted by molar-refractivity contribution is -0.0494. The van der Waals surface area contributed by atoms with E-state index in [-0.39, 0.29) is 32.0 Å². The van der Waals surface area contributed by atoms with Crippen molar-refractivity contribution in [2.24, 2.45) is 4.99 Å². The lowest BCUT2D eigenvalue weighted by Crippen LogP contribution is -2.51. The Morgan fingerprint density at radius 2 is 1.96 bits per heavy atom. The number of hydrogen-bond acceptors (Lipinski definition) is 4. The molecule has 0 unspecified atom stereocenters. The third kappa shape index (κ3) is 6.10. The summed E-state index contributed by atoms with van der Waals surface area (Å²) in [5.41, 5.74) is -5.24. The molecule has 0 amide bonds. The van der Waals surface area contributed by atoms with E-state index in [4.69, 9.17) is 4.74 Å². The van der Waals surface area contributed by atoms with Crippen LogP contribution in [0.3, 0.4) is 0 Å². The summed E-state index contributed by atoms with van der Waals surface area (Å²) in [5, 5.41) is 6.19. The molecule has 142 valence electrons. The van der Waals surface area contributed by atoms with Gasteiger partial charge in [-0.05, 0) is 26.2 Å². The molecular formula is C13H25F3N4O3S. The van der Waals surface area contributed by atoms with Crippen LogP contribution in [-0.4, -0.2) is 70.1 Å². The minimum absolute atomic E-state index is 0.122. The van der Waals surface area contributed by atoms with E-state index < -0.39 is 15.5 Å². The van der Waals surface area contributed by atoms with Crippen LogP contribution >= 0.6 is 0 Å². The summed E-state index contributed by atoms with van der Waals surface area (Å²) in [6, 6.07) is -0.122. The third-order valence-electron chi connectivity index (χ3n) is 3.61. The molecule has 0 aromatic rings. The van der Waals surface area contributed by atoms with Crippen molar-refractivity contribution in [1.29, 1.82) is 0 Å². The van der Waals surface area contributed by atoms with Gasteiger partial charge in [0.15, 0.2) is 5.96 Å². The Morgan fingerprint density at radius 1 is 1.33 bits per heavy atom. The normalized spacial score (nSPS) is 18.6. The quantitative estimate of drug-likeness (QED) is 0.393. The number of nitrogens with zero attached hydrogens (tertiary/aromatic N) is 2. The maximum Gasteiger partial charge on any atom is 0.511 e. The molecule has 7 nitrogen and oxygen atoms in total. The lowest BCUT2D eigenvalue weighted by atomic mass is 10.1. The smallest absolute Gasteiger partial charge is 0.382 e. The van der Waals surface area contributed by atoms with Crippen molar-refractivity contribution in [1.82, 2.24) is 14.9 Å². The number of alkyl halides is 3. The Balaban J connectivity index is 2.39. The number of rotatable bonds is 7. The molecule has 1 aliphatic rings. The maximum absolute atomic E-state index is 12.5. The molecule has 11 heteroatoms. The number of guanidine groups is 1. The molecule has 1 rings (SSSR count). The van der Waals surface area contributed by atoms with Gasteiger partial charge in [0.1, 0.15) is 0 Å². The Morgan fingerprint density at radius 3 is 2.46 bits per heavy atom. The second-order valence-electron chi connectivity index (χ2n) is 5.32. The van der Waals surface area contributed by atoms with E-state index in [1.807, 2.05) is 6.92 Å². The van der Waals surface area contributed by atoms with Gasteiger partial charge in [0.25, 0.3) is 0 Å². The molecular weight excluding hydrogens is 349 g/mol. The highest BCUT2D eigenvalue weighted by molar-refractivity contribution is 7.90. The van der Waals surface area contributed by atoms with E-state index in [1.165, 1.54) is 0 Å². The van der Waals surface area contributed by atoms with Crippen molar-refractivity contribution in [3.8, 4) is 0 Å². The van der Waals surface area contributed by atoms with Crippen LogP contribution in [0.5, 0.6) is 0 Å². The molecule has 1 fully saturated rings. The zero-order valence-corrected chi connectivity index (χ0v) is 14.7. The fraction of sp³-hybridized carbons (Fsp3) is 0.923. The fourth-order valence-corrected chi connectivity index (χ4v) is 3.28. The van der Waals surface area contributed by atoms with Gasteiger partial charge in [0, 0.05) is 45.9 Å². The zero-order chi connectivity index (χ0) is 18.2. The number of piperidine rings is 1. The minimum Gasteiger partial charge on any atom is -0.382 e. The van der Waals surface area contributed by atoms with E-state index in [0.29, 0.717) is 30.0 Å². The van der Waals surface area contributed by atoms with Crippen LogP contribution in [0.1, 0.15) is 26.2 Å². The predicted octanol–water partition coefficient (Wildman–Crippen LogP) is 0.892. The summed E-state index contributed by atoms with van der Waals surface area (Å²) in [7, 11) is -3.64. The van der Waals surface area contributed by atoms with Crippen molar-refractivity contribution < 1.29 is 26.3 Å². The molecule has 0 radical (unpaired) electrons. The summed E-state index contributed by atoms with van der Waals surface area (Å²) in [6.45, 7) is 3.53. The van der Waals surface area contributed by atoms with E-state index >= 15 is 0 Å². The van der Waals surface area contributed by atoms with Crippen molar-refractivity contribution >= 4 is 16.0 Å². The van der Waals surface area contributed by atoms with Crippen LogP contribution in [0, 0.1) is 0 Å². The highest BCUT2D eigenvalue weighted by Crippen LogP contribution is 2.28. The van der Waals surface area contributed by atoms with Crippen LogP contribution in [0.4, 0.5) is 13.2 Å². The number of halogens is 3. The van der Waals surface area contributed by atoms with Gasteiger partial charge in [-0.2, -0.15) is 17.5 Å². The van der Waals surface area contributed by atoms with Crippen LogP contribution < -0.4 is 10.6 Å². The van der Waals surface area contributed by atoms with Crippen LogP contribution in [0.2, 0.25) is 0 Å². The van der Waals surface area contributed by atoms with E-state index in [9.17, 15) is 21.6 Å². The van der Waals surface area contributed by atoms with Crippen LogP contribution in [0.15, 0.2) is 4.99 Å². The summed E-state index contributed by atoms with van der Waals surface area (Å²) in [6.07, 6.45) is 1.38. The zero-order valence-electron chi connectivity index (χ0n) is 13.9. The van der Waals surface area contributed by atoms with Gasteiger partial charge in [0.05, 0.1) is 0 Å². The van der Waals surface area contributed by atoms with Gasteiger partial charge in [0.2, 0.25) is 0 Å². The maximum atomic E-state index is 12.5. The molecule has 0 aromatic carbocycles. The first-order valence-corrected chi connectivity index (χ1v) is 9.27. The lowest BCUT2D eigenvalue weighted by Gasteiger charge is -2.32. The molecule has 2 N–H and O–H groups in total. The van der Waals surface area contributed by atoms with E-state index in [0.717, 1.165) is 6.42 Å². The Bertz CT molecular complexity index is 503. The van der Waals surface area contributed by atoms with Crippen molar-refractivity contribution in [3.05, 3.63) is 0 Å². The Hall–Kier alpha value is -1.07. The standard InChI is InChI=1S/C13H25F3N4O3S/c1-3-23-10-4-7-18-12(17-2)19-11-5-8-20(9-6-11)24(21,22)13(14,15)16/h11H,3-10H2,1-2H3,(H2,17,18,19). The molecule has 0 aliphatic carbocycles. The Labute approximate surface area is 140 Å².